The molecule has 0 aliphatic heterocycles. The van der Waals surface area contributed by atoms with Gasteiger partial charge in [-0.25, -0.2) is 0 Å². The van der Waals surface area contributed by atoms with Crippen molar-refractivity contribution in [2.45, 2.75) is 96.8 Å². The van der Waals surface area contributed by atoms with Crippen LogP contribution < -0.4 is 0 Å². The fourth-order valence-corrected chi connectivity index (χ4v) is 2.70. The summed E-state index contributed by atoms with van der Waals surface area (Å²) >= 11 is 0. The van der Waals surface area contributed by atoms with E-state index in [0.29, 0.717) is 32.7 Å². The second kappa shape index (κ2) is 20.2. The van der Waals surface area contributed by atoms with Crippen LogP contribution in [0.15, 0.2) is 0 Å². The Kier molecular flexibility index (Phi) is 19.4. The van der Waals surface area contributed by atoms with Gasteiger partial charge in [0.1, 0.15) is 6.61 Å². The van der Waals surface area contributed by atoms with E-state index >= 15 is 0 Å². The molecule has 0 heterocycles. The Hall–Kier alpha value is -1.10. The van der Waals surface area contributed by atoms with E-state index in [1.165, 1.54) is 25.7 Å². The molecule has 0 aromatic heterocycles. The van der Waals surface area contributed by atoms with Gasteiger partial charge in [0.05, 0.1) is 13.2 Å². The molecule has 0 fully saturated rings. The number of ether oxygens (including phenoxy) is 3. The van der Waals surface area contributed by atoms with Crippen molar-refractivity contribution < 1.29 is 23.8 Å². The van der Waals surface area contributed by atoms with Crippen LogP contribution in [0.25, 0.3) is 0 Å². The zero-order valence-corrected chi connectivity index (χ0v) is 17.1. The summed E-state index contributed by atoms with van der Waals surface area (Å²) in [6, 6.07) is 0. The average Bonchev–Trinajstić information content (AvgIpc) is 2.63. The maximum atomic E-state index is 11.6. The number of unbranched alkanes of at least 4 members (excludes halogenated alkanes) is 10. The van der Waals surface area contributed by atoms with Gasteiger partial charge in [-0.3, -0.25) is 9.59 Å². The van der Waals surface area contributed by atoms with E-state index in [9.17, 15) is 9.59 Å². The van der Waals surface area contributed by atoms with Crippen LogP contribution in [0.3, 0.4) is 0 Å². The normalized spacial score (nSPS) is 10.7. The van der Waals surface area contributed by atoms with Crippen molar-refractivity contribution in [2.75, 3.05) is 26.9 Å². The number of rotatable bonds is 19. The molecule has 0 radical (unpaired) electrons. The highest BCUT2D eigenvalue weighted by molar-refractivity contribution is 5.69. The predicted octanol–water partition coefficient (Wildman–Crippen LogP) is 5.20. The van der Waals surface area contributed by atoms with E-state index in [-0.39, 0.29) is 11.9 Å². The smallest absolute Gasteiger partial charge is 0.305 e. The van der Waals surface area contributed by atoms with Gasteiger partial charge in [0.25, 0.3) is 0 Å². The first-order chi connectivity index (χ1) is 12.7. The number of carbonyl (C=O) groups excluding carboxylic acids is 2. The Bertz CT molecular complexity index is 330. The van der Waals surface area contributed by atoms with Crippen molar-refractivity contribution in [2.24, 2.45) is 0 Å². The Labute approximate surface area is 160 Å². The van der Waals surface area contributed by atoms with Gasteiger partial charge in [0.2, 0.25) is 0 Å². The first-order valence-corrected chi connectivity index (χ1v) is 10.5. The lowest BCUT2D eigenvalue weighted by molar-refractivity contribution is -0.145. The monoisotopic (exact) mass is 372 g/mol. The summed E-state index contributed by atoms with van der Waals surface area (Å²) in [5.41, 5.74) is 0. The molecular formula is C21H40O5. The lowest BCUT2D eigenvalue weighted by Gasteiger charge is -2.05. The van der Waals surface area contributed by atoms with Crippen molar-refractivity contribution in [1.29, 1.82) is 0 Å². The van der Waals surface area contributed by atoms with Crippen molar-refractivity contribution in [3.05, 3.63) is 0 Å². The highest BCUT2D eigenvalue weighted by Gasteiger charge is 2.04. The Balaban J connectivity index is 3.24. The van der Waals surface area contributed by atoms with E-state index in [2.05, 4.69) is 6.92 Å². The van der Waals surface area contributed by atoms with Crippen molar-refractivity contribution in [1.82, 2.24) is 0 Å². The van der Waals surface area contributed by atoms with Crippen molar-refractivity contribution >= 4 is 11.9 Å². The second-order valence-corrected chi connectivity index (χ2v) is 6.82. The number of hydrogen-bond acceptors (Lipinski definition) is 5. The highest BCUT2D eigenvalue weighted by Crippen LogP contribution is 2.10. The molecule has 0 amide bonds. The molecule has 5 heteroatoms. The van der Waals surface area contributed by atoms with Gasteiger partial charge in [-0.2, -0.15) is 0 Å². The number of esters is 2. The maximum absolute atomic E-state index is 11.6. The molecule has 0 rings (SSSR count). The van der Waals surface area contributed by atoms with Gasteiger partial charge in [-0.15, -0.1) is 0 Å². The third-order valence-electron chi connectivity index (χ3n) is 4.32. The molecule has 0 unspecified atom stereocenters. The summed E-state index contributed by atoms with van der Waals surface area (Å²) in [6.07, 6.45) is 14.3. The van der Waals surface area contributed by atoms with Gasteiger partial charge < -0.3 is 14.2 Å². The molecule has 0 spiro atoms. The number of carbonyl (C=O) groups is 2. The molecule has 0 saturated carbocycles. The third-order valence-corrected chi connectivity index (χ3v) is 4.32. The van der Waals surface area contributed by atoms with Crippen molar-refractivity contribution in [3.63, 3.8) is 0 Å². The van der Waals surface area contributed by atoms with Gasteiger partial charge in [0.15, 0.2) is 0 Å². The van der Waals surface area contributed by atoms with Gasteiger partial charge >= 0.3 is 11.9 Å². The second-order valence-electron chi connectivity index (χ2n) is 6.82. The largest absolute Gasteiger partial charge is 0.466 e. The highest BCUT2D eigenvalue weighted by atomic mass is 16.6. The summed E-state index contributed by atoms with van der Waals surface area (Å²) in [7, 11) is 1.59. The molecule has 0 aliphatic carbocycles. The van der Waals surface area contributed by atoms with E-state index in [0.717, 1.165) is 51.4 Å². The lowest BCUT2D eigenvalue weighted by atomic mass is 10.1. The van der Waals surface area contributed by atoms with Gasteiger partial charge in [-0.1, -0.05) is 64.7 Å². The summed E-state index contributed by atoms with van der Waals surface area (Å²) in [4.78, 5) is 23.0. The van der Waals surface area contributed by atoms with E-state index in [1.54, 1.807) is 7.11 Å². The molecule has 0 N–H and O–H groups in total. The molecule has 0 aliphatic rings. The van der Waals surface area contributed by atoms with E-state index in [4.69, 9.17) is 14.2 Å². The Morgan fingerprint density at radius 3 is 1.58 bits per heavy atom. The van der Waals surface area contributed by atoms with Crippen LogP contribution in [-0.2, 0) is 23.8 Å². The molecule has 26 heavy (non-hydrogen) atoms. The Morgan fingerprint density at radius 1 is 0.577 bits per heavy atom. The van der Waals surface area contributed by atoms with E-state index in [1.807, 2.05) is 0 Å². The minimum atomic E-state index is -0.143. The minimum absolute atomic E-state index is 0.0580. The minimum Gasteiger partial charge on any atom is -0.466 e. The quantitative estimate of drug-likeness (QED) is 0.230. The van der Waals surface area contributed by atoms with Gasteiger partial charge in [0, 0.05) is 20.0 Å². The third kappa shape index (κ3) is 19.2. The predicted molar refractivity (Wildman–Crippen MR) is 104 cm³/mol. The van der Waals surface area contributed by atoms with Gasteiger partial charge in [-0.05, 0) is 19.3 Å². The Morgan fingerprint density at radius 2 is 1.04 bits per heavy atom. The SMILES string of the molecule is CCCCCCCCOC(=O)CCCCCCCCC(=O)OCCOC. The van der Waals surface area contributed by atoms with Crippen molar-refractivity contribution in [3.8, 4) is 0 Å². The molecule has 0 aromatic rings. The molecule has 0 aromatic carbocycles. The summed E-state index contributed by atoms with van der Waals surface area (Å²) in [6.45, 7) is 3.58. The summed E-state index contributed by atoms with van der Waals surface area (Å²) < 4.78 is 15.1. The fraction of sp³-hybridized carbons (Fsp3) is 0.905. The zero-order valence-electron chi connectivity index (χ0n) is 17.1. The molecule has 0 atom stereocenters. The number of hydrogen-bond donors (Lipinski definition) is 0. The first-order valence-electron chi connectivity index (χ1n) is 10.5. The first kappa shape index (κ1) is 24.9. The topological polar surface area (TPSA) is 61.8 Å². The van der Waals surface area contributed by atoms with Crippen LogP contribution in [0, 0.1) is 0 Å². The molecule has 0 bridgehead atoms. The van der Waals surface area contributed by atoms with Crippen LogP contribution in [0.4, 0.5) is 0 Å². The van der Waals surface area contributed by atoms with Crippen LogP contribution in [-0.4, -0.2) is 38.9 Å². The van der Waals surface area contributed by atoms with E-state index < -0.39 is 0 Å². The summed E-state index contributed by atoms with van der Waals surface area (Å²) in [5.74, 6) is -0.201. The maximum Gasteiger partial charge on any atom is 0.305 e. The standard InChI is InChI=1S/C21H40O5/c1-3-4-5-6-11-14-17-25-20(22)15-12-9-7-8-10-13-16-21(23)26-19-18-24-2/h3-19H2,1-2H3. The molecule has 5 nitrogen and oxygen atoms in total. The van der Waals surface area contributed by atoms with Crippen LogP contribution in [0.5, 0.6) is 0 Å². The number of methoxy groups -OCH3 is 1. The fourth-order valence-electron chi connectivity index (χ4n) is 2.70. The average molecular weight is 373 g/mol. The van der Waals surface area contributed by atoms with Crippen LogP contribution in [0.1, 0.15) is 96.8 Å². The molecule has 154 valence electrons. The van der Waals surface area contributed by atoms with Crippen LogP contribution in [0.2, 0.25) is 0 Å². The molecule has 0 saturated heterocycles. The summed E-state index contributed by atoms with van der Waals surface area (Å²) in [5, 5.41) is 0. The zero-order chi connectivity index (χ0) is 19.3. The van der Waals surface area contributed by atoms with Crippen LogP contribution >= 0.6 is 0 Å². The lowest BCUT2D eigenvalue weighted by Crippen LogP contribution is -2.09. The molecular weight excluding hydrogens is 332 g/mol.